The van der Waals surface area contributed by atoms with Crippen LogP contribution in [0.3, 0.4) is 0 Å². The molecule has 0 aromatic carbocycles. The fraction of sp³-hybridized carbons (Fsp3) is 0.941. The van der Waals surface area contributed by atoms with Crippen molar-refractivity contribution in [1.29, 1.82) is 0 Å². The van der Waals surface area contributed by atoms with Crippen LogP contribution in [0.2, 0.25) is 0 Å². The molecule has 6 aliphatic carbocycles. The van der Waals surface area contributed by atoms with E-state index in [1.165, 1.54) is 51.4 Å². The number of hydrogen-bond acceptors (Lipinski definition) is 10. The molecule has 6 nitrogen and oxygen atoms in total. The molecule has 0 aromatic rings. The van der Waals surface area contributed by atoms with Gasteiger partial charge in [0.05, 0.1) is 25.0 Å². The van der Waals surface area contributed by atoms with Gasteiger partial charge in [0.2, 0.25) is 0 Å². The molecule has 6 aliphatic rings. The molecular formula is C34H54O6S4. The first-order valence-corrected chi connectivity index (χ1v) is 20.9. The molecule has 0 amide bonds. The Kier molecular flexibility index (Phi) is 12.9. The van der Waals surface area contributed by atoms with E-state index in [1.807, 2.05) is 0 Å². The first-order chi connectivity index (χ1) is 21.5. The summed E-state index contributed by atoms with van der Waals surface area (Å²) in [5, 5.41) is 1.22. The molecule has 12 unspecified atom stereocenters. The Balaban J connectivity index is 0.686. The van der Waals surface area contributed by atoms with Crippen molar-refractivity contribution in [3.63, 3.8) is 0 Å². The van der Waals surface area contributed by atoms with Crippen LogP contribution in [0, 0.1) is 47.3 Å². The fourth-order valence-electron chi connectivity index (χ4n) is 10.1. The fourth-order valence-corrected chi connectivity index (χ4v) is 12.8. The highest BCUT2D eigenvalue weighted by molar-refractivity contribution is 7.99. The maximum absolute atomic E-state index is 12.0. The molecule has 6 saturated carbocycles. The maximum atomic E-state index is 12.0. The van der Waals surface area contributed by atoms with E-state index in [2.05, 4.69) is 0 Å². The monoisotopic (exact) mass is 686 g/mol. The summed E-state index contributed by atoms with van der Waals surface area (Å²) < 4.78 is 23.1. The standard InChI is InChI=1S/C34H54O6S4/c35-33(3-11-43-9-1-5-37-31-15-21-13-29(31)27-19-23(41)17-25(21)27)39-7-8-40-34(36)4-12-44-10-2-6-38-32-16-22-14-30(32)28-20-24(42)18-26(22)28/h21-32,41-42H,1-20H2. The summed E-state index contributed by atoms with van der Waals surface area (Å²) in [5.41, 5.74) is 0. The minimum absolute atomic E-state index is 0.131. The smallest absolute Gasteiger partial charge is 0.306 e. The summed E-state index contributed by atoms with van der Waals surface area (Å²) in [4.78, 5) is 24.0. The van der Waals surface area contributed by atoms with Gasteiger partial charge in [0.15, 0.2) is 0 Å². The molecule has 0 saturated heterocycles. The average molecular weight is 687 g/mol. The Morgan fingerprint density at radius 3 is 1.41 bits per heavy atom. The number of carbonyl (C=O) groups excluding carboxylic acids is 2. The molecule has 6 rings (SSSR count). The lowest BCUT2D eigenvalue weighted by Crippen LogP contribution is -2.30. The van der Waals surface area contributed by atoms with Crippen molar-refractivity contribution in [2.24, 2.45) is 47.3 Å². The summed E-state index contributed by atoms with van der Waals surface area (Å²) in [5.74, 6) is 9.95. The molecule has 250 valence electrons. The van der Waals surface area contributed by atoms with E-state index in [9.17, 15) is 9.59 Å². The number of carbonyl (C=O) groups is 2. The molecule has 0 heterocycles. The topological polar surface area (TPSA) is 71.1 Å². The molecule has 0 aliphatic heterocycles. The van der Waals surface area contributed by atoms with Crippen LogP contribution in [0.5, 0.6) is 0 Å². The summed E-state index contributed by atoms with van der Waals surface area (Å²) in [6, 6.07) is 0. The lowest BCUT2D eigenvalue weighted by molar-refractivity contribution is -0.151. The number of ether oxygens (including phenoxy) is 4. The van der Waals surface area contributed by atoms with Crippen LogP contribution in [0.25, 0.3) is 0 Å². The Morgan fingerprint density at radius 1 is 0.523 bits per heavy atom. The molecule has 0 aromatic heterocycles. The first kappa shape index (κ1) is 34.1. The number of hydrogen-bond donors (Lipinski definition) is 2. The second kappa shape index (κ2) is 16.6. The normalized spacial score (nSPS) is 39.6. The number of esters is 2. The second-order valence-corrected chi connectivity index (χ2v) is 18.3. The van der Waals surface area contributed by atoms with E-state index in [1.54, 1.807) is 23.5 Å². The Labute approximate surface area is 284 Å². The highest BCUT2D eigenvalue weighted by Gasteiger charge is 2.56. The second-order valence-electron chi connectivity index (χ2n) is 14.4. The highest BCUT2D eigenvalue weighted by Crippen LogP contribution is 2.61. The molecule has 10 heteroatoms. The van der Waals surface area contributed by atoms with Crippen LogP contribution >= 0.6 is 48.8 Å². The molecule has 6 fully saturated rings. The van der Waals surface area contributed by atoms with Crippen molar-refractivity contribution >= 4 is 60.7 Å². The van der Waals surface area contributed by atoms with Gasteiger partial charge in [-0.15, -0.1) is 0 Å². The van der Waals surface area contributed by atoms with Crippen LogP contribution in [-0.4, -0.2) is 84.1 Å². The van der Waals surface area contributed by atoms with Gasteiger partial charge in [-0.05, 0) is 123 Å². The van der Waals surface area contributed by atoms with Gasteiger partial charge in [0, 0.05) is 35.2 Å². The van der Waals surface area contributed by atoms with Crippen molar-refractivity contribution in [3.8, 4) is 0 Å². The zero-order chi connectivity index (χ0) is 30.5. The van der Waals surface area contributed by atoms with Gasteiger partial charge in [0.1, 0.15) is 13.2 Å². The van der Waals surface area contributed by atoms with Crippen molar-refractivity contribution in [2.75, 3.05) is 49.4 Å². The maximum Gasteiger partial charge on any atom is 0.306 e. The Bertz CT molecular complexity index is 881. The van der Waals surface area contributed by atoms with Gasteiger partial charge < -0.3 is 18.9 Å². The summed E-state index contributed by atoms with van der Waals surface area (Å²) >= 11 is 13.0. The van der Waals surface area contributed by atoms with Crippen LogP contribution in [0.15, 0.2) is 0 Å². The van der Waals surface area contributed by atoms with Crippen LogP contribution in [0.1, 0.15) is 77.0 Å². The first-order valence-electron chi connectivity index (χ1n) is 17.5. The predicted octanol–water partition coefficient (Wildman–Crippen LogP) is 6.60. The molecule has 12 atom stereocenters. The molecule has 44 heavy (non-hydrogen) atoms. The third-order valence-electron chi connectivity index (χ3n) is 11.8. The van der Waals surface area contributed by atoms with Crippen LogP contribution in [-0.2, 0) is 28.5 Å². The Hall–Kier alpha value is 0.260. The minimum Gasteiger partial charge on any atom is -0.462 e. The summed E-state index contributed by atoms with van der Waals surface area (Å²) in [6.45, 7) is 1.91. The molecule has 0 spiro atoms. The van der Waals surface area contributed by atoms with Gasteiger partial charge in [-0.2, -0.15) is 48.8 Å². The third kappa shape index (κ3) is 8.64. The van der Waals surface area contributed by atoms with Gasteiger partial charge in [-0.1, -0.05) is 0 Å². The van der Waals surface area contributed by atoms with Gasteiger partial charge in [0.25, 0.3) is 0 Å². The van der Waals surface area contributed by atoms with Crippen molar-refractivity contribution in [3.05, 3.63) is 0 Å². The number of thiol groups is 2. The van der Waals surface area contributed by atoms with E-state index in [-0.39, 0.29) is 25.2 Å². The third-order valence-corrected chi connectivity index (χ3v) is 14.8. The van der Waals surface area contributed by atoms with Crippen molar-refractivity contribution in [2.45, 2.75) is 99.8 Å². The lowest BCUT2D eigenvalue weighted by atomic mass is 9.80. The van der Waals surface area contributed by atoms with Gasteiger partial charge >= 0.3 is 11.9 Å². The predicted molar refractivity (Wildman–Crippen MR) is 185 cm³/mol. The Morgan fingerprint density at radius 2 is 0.955 bits per heavy atom. The molecule has 4 bridgehead atoms. The molecule has 0 N–H and O–H groups in total. The molecule has 0 radical (unpaired) electrons. The van der Waals surface area contributed by atoms with Crippen molar-refractivity contribution in [1.82, 2.24) is 0 Å². The van der Waals surface area contributed by atoms with E-state index in [0.717, 1.165) is 96.4 Å². The number of fused-ring (bicyclic) bond motifs is 10. The van der Waals surface area contributed by atoms with E-state index in [0.29, 0.717) is 35.5 Å². The van der Waals surface area contributed by atoms with Crippen LogP contribution < -0.4 is 0 Å². The zero-order valence-corrected chi connectivity index (χ0v) is 29.7. The highest BCUT2D eigenvalue weighted by atomic mass is 32.2. The van der Waals surface area contributed by atoms with E-state index in [4.69, 9.17) is 44.2 Å². The molecular weight excluding hydrogens is 633 g/mol. The quantitative estimate of drug-likeness (QED) is 0.0896. The summed E-state index contributed by atoms with van der Waals surface area (Å²) in [6.07, 6.45) is 14.3. The SMILES string of the molecule is O=C(CCSCCCOC1CC2CC1C1CC(S)CC21)OCCOC(=O)CCSCCCOC1CC2CC1C1CC(S)CC21. The average Bonchev–Trinajstić information content (AvgIpc) is 3.83. The summed E-state index contributed by atoms with van der Waals surface area (Å²) in [7, 11) is 0. The number of rotatable bonds is 19. The number of thioether (sulfide) groups is 2. The van der Waals surface area contributed by atoms with Gasteiger partial charge in [-0.25, -0.2) is 0 Å². The minimum atomic E-state index is -0.224. The largest absolute Gasteiger partial charge is 0.462 e. The zero-order valence-electron chi connectivity index (χ0n) is 26.2. The van der Waals surface area contributed by atoms with Crippen molar-refractivity contribution < 1.29 is 28.5 Å². The van der Waals surface area contributed by atoms with Gasteiger partial charge in [-0.3, -0.25) is 9.59 Å². The van der Waals surface area contributed by atoms with Crippen LogP contribution in [0.4, 0.5) is 0 Å². The lowest BCUT2D eigenvalue weighted by Gasteiger charge is -2.31. The van der Waals surface area contributed by atoms with E-state index >= 15 is 0 Å². The van der Waals surface area contributed by atoms with E-state index < -0.39 is 0 Å².